The Hall–Kier alpha value is -3.92. The van der Waals surface area contributed by atoms with Crippen molar-refractivity contribution in [1.82, 2.24) is 10.2 Å². The molecule has 10 heteroatoms. The standard InChI is InChI=1S/C32H40FN3O5S/c1-5-8-21-34-32(38)30(6-2)35(22-25-11-9-24(4)10-12-25)31(37)23-36(27-15-13-26(33)14-16-27)42(39,40)29-19-17-28(18-20-29)41-7-3/h9-20,30H,5-8,21-23H2,1-4H3,(H,34,38)/t30-/m1/s1. The Kier molecular flexibility index (Phi) is 11.9. The van der Waals surface area contributed by atoms with Gasteiger partial charge in [0.05, 0.1) is 17.2 Å². The number of aryl methyl sites for hydroxylation is 1. The molecule has 0 aliphatic carbocycles. The van der Waals surface area contributed by atoms with Gasteiger partial charge in [0, 0.05) is 13.1 Å². The van der Waals surface area contributed by atoms with Crippen LogP contribution in [0.2, 0.25) is 0 Å². The van der Waals surface area contributed by atoms with Crippen molar-refractivity contribution >= 4 is 27.5 Å². The third-order valence-corrected chi connectivity index (χ3v) is 8.59. The lowest BCUT2D eigenvalue weighted by Crippen LogP contribution is -2.52. The summed E-state index contributed by atoms with van der Waals surface area (Å²) in [7, 11) is -4.27. The number of amides is 2. The molecule has 0 spiro atoms. The van der Waals surface area contributed by atoms with Gasteiger partial charge in [-0.25, -0.2) is 12.8 Å². The average Bonchev–Trinajstić information content (AvgIpc) is 2.98. The van der Waals surface area contributed by atoms with Crippen molar-refractivity contribution < 1.29 is 27.1 Å². The van der Waals surface area contributed by atoms with Gasteiger partial charge in [0.2, 0.25) is 11.8 Å². The molecule has 0 saturated heterocycles. The number of halogens is 1. The Balaban J connectivity index is 2.02. The maximum absolute atomic E-state index is 14.1. The van der Waals surface area contributed by atoms with Crippen LogP contribution in [-0.4, -0.2) is 50.9 Å². The van der Waals surface area contributed by atoms with Crippen molar-refractivity contribution in [3.05, 3.63) is 89.7 Å². The van der Waals surface area contributed by atoms with Crippen LogP contribution in [0.25, 0.3) is 0 Å². The van der Waals surface area contributed by atoms with Crippen molar-refractivity contribution in [3.8, 4) is 5.75 Å². The molecule has 0 fully saturated rings. The molecule has 0 aromatic heterocycles. The average molecular weight is 598 g/mol. The Morgan fingerprint density at radius 1 is 0.929 bits per heavy atom. The molecule has 42 heavy (non-hydrogen) atoms. The zero-order valence-corrected chi connectivity index (χ0v) is 25.5. The summed E-state index contributed by atoms with van der Waals surface area (Å²) >= 11 is 0. The molecule has 226 valence electrons. The summed E-state index contributed by atoms with van der Waals surface area (Å²) in [5.74, 6) is -0.898. The van der Waals surface area contributed by atoms with Crippen LogP contribution in [0.15, 0.2) is 77.7 Å². The van der Waals surface area contributed by atoms with E-state index in [0.717, 1.165) is 40.4 Å². The van der Waals surface area contributed by atoms with Crippen molar-refractivity contribution in [2.45, 2.75) is 64.4 Å². The molecule has 0 radical (unpaired) electrons. The topological polar surface area (TPSA) is 96.0 Å². The number of ether oxygens (including phenoxy) is 1. The maximum atomic E-state index is 14.1. The molecule has 3 aromatic rings. The lowest BCUT2D eigenvalue weighted by atomic mass is 10.1. The lowest BCUT2D eigenvalue weighted by Gasteiger charge is -2.33. The van der Waals surface area contributed by atoms with E-state index in [1.54, 1.807) is 12.1 Å². The van der Waals surface area contributed by atoms with Gasteiger partial charge in [-0.2, -0.15) is 0 Å². The van der Waals surface area contributed by atoms with Crippen LogP contribution in [0.4, 0.5) is 10.1 Å². The van der Waals surface area contributed by atoms with E-state index in [1.165, 1.54) is 29.2 Å². The Morgan fingerprint density at radius 3 is 2.14 bits per heavy atom. The highest BCUT2D eigenvalue weighted by Crippen LogP contribution is 2.26. The SMILES string of the molecule is CCCCNC(=O)[C@@H](CC)N(Cc1ccc(C)cc1)C(=O)CN(c1ccc(F)cc1)S(=O)(=O)c1ccc(OCC)cc1. The Bertz CT molecular complexity index is 1410. The molecule has 2 amide bonds. The van der Waals surface area contributed by atoms with Crippen LogP contribution < -0.4 is 14.4 Å². The molecule has 1 atom stereocenters. The third kappa shape index (κ3) is 8.55. The van der Waals surface area contributed by atoms with Gasteiger partial charge in [-0.1, -0.05) is 50.1 Å². The normalized spacial score (nSPS) is 11.9. The summed E-state index contributed by atoms with van der Waals surface area (Å²) in [6.45, 7) is 8.03. The Labute approximate surface area is 248 Å². The number of benzene rings is 3. The minimum Gasteiger partial charge on any atom is -0.494 e. The first-order valence-electron chi connectivity index (χ1n) is 14.2. The number of anilines is 1. The molecule has 0 unspecified atom stereocenters. The first kappa shape index (κ1) is 32.6. The molecule has 0 aliphatic heterocycles. The van der Waals surface area contributed by atoms with E-state index in [0.29, 0.717) is 25.3 Å². The van der Waals surface area contributed by atoms with Crippen molar-refractivity contribution in [3.63, 3.8) is 0 Å². The van der Waals surface area contributed by atoms with Gasteiger partial charge in [0.25, 0.3) is 10.0 Å². The van der Waals surface area contributed by atoms with Gasteiger partial charge in [-0.05, 0) is 80.8 Å². The molecule has 3 rings (SSSR count). The number of hydrogen-bond acceptors (Lipinski definition) is 5. The molecular weight excluding hydrogens is 557 g/mol. The molecule has 0 saturated carbocycles. The zero-order chi connectivity index (χ0) is 30.7. The van der Waals surface area contributed by atoms with E-state index in [2.05, 4.69) is 5.32 Å². The van der Waals surface area contributed by atoms with Gasteiger partial charge in [0.1, 0.15) is 24.2 Å². The summed E-state index contributed by atoms with van der Waals surface area (Å²) in [6.07, 6.45) is 2.03. The predicted octanol–water partition coefficient (Wildman–Crippen LogP) is 5.45. The van der Waals surface area contributed by atoms with E-state index in [-0.39, 0.29) is 23.0 Å². The minimum absolute atomic E-state index is 0.0579. The van der Waals surface area contributed by atoms with Gasteiger partial charge >= 0.3 is 0 Å². The number of unbranched alkanes of at least 4 members (excludes halogenated alkanes) is 1. The summed E-state index contributed by atoms with van der Waals surface area (Å²) < 4.78 is 48.1. The number of hydrogen-bond donors (Lipinski definition) is 1. The minimum atomic E-state index is -4.27. The largest absolute Gasteiger partial charge is 0.494 e. The molecule has 0 bridgehead atoms. The smallest absolute Gasteiger partial charge is 0.264 e. The fourth-order valence-electron chi connectivity index (χ4n) is 4.45. The number of nitrogens with zero attached hydrogens (tertiary/aromatic N) is 2. The van der Waals surface area contributed by atoms with Gasteiger partial charge in [-0.3, -0.25) is 13.9 Å². The highest BCUT2D eigenvalue weighted by atomic mass is 32.2. The number of carbonyl (C=O) groups excluding carboxylic acids is 2. The zero-order valence-electron chi connectivity index (χ0n) is 24.7. The van der Waals surface area contributed by atoms with E-state index in [9.17, 15) is 22.4 Å². The second kappa shape index (κ2) is 15.3. The summed E-state index contributed by atoms with van der Waals surface area (Å²) in [5, 5.41) is 2.91. The van der Waals surface area contributed by atoms with Crippen LogP contribution in [-0.2, 0) is 26.2 Å². The predicted molar refractivity (Wildman–Crippen MR) is 162 cm³/mol. The second-order valence-electron chi connectivity index (χ2n) is 9.97. The number of carbonyl (C=O) groups is 2. The van der Waals surface area contributed by atoms with Gasteiger partial charge in [-0.15, -0.1) is 0 Å². The fraction of sp³-hybridized carbons (Fsp3) is 0.375. The van der Waals surface area contributed by atoms with Crippen LogP contribution in [0.5, 0.6) is 5.75 Å². The van der Waals surface area contributed by atoms with E-state index in [1.807, 2.05) is 52.0 Å². The third-order valence-electron chi connectivity index (χ3n) is 6.81. The number of sulfonamides is 1. The van der Waals surface area contributed by atoms with Gasteiger partial charge < -0.3 is 15.0 Å². The quantitative estimate of drug-likeness (QED) is 0.235. The van der Waals surface area contributed by atoms with Crippen molar-refractivity contribution in [2.75, 3.05) is 24.0 Å². The maximum Gasteiger partial charge on any atom is 0.264 e. The molecular formula is C32H40FN3O5S. The highest BCUT2D eigenvalue weighted by molar-refractivity contribution is 7.92. The van der Waals surface area contributed by atoms with Crippen LogP contribution in [0.1, 0.15) is 51.2 Å². The number of nitrogens with one attached hydrogen (secondary N) is 1. The summed E-state index contributed by atoms with van der Waals surface area (Å²) in [6, 6.07) is 17.6. The summed E-state index contributed by atoms with van der Waals surface area (Å²) in [5.41, 5.74) is 1.97. The van der Waals surface area contributed by atoms with E-state index >= 15 is 0 Å². The highest BCUT2D eigenvalue weighted by Gasteiger charge is 2.33. The molecule has 0 heterocycles. The van der Waals surface area contributed by atoms with Crippen molar-refractivity contribution in [1.29, 1.82) is 0 Å². The summed E-state index contributed by atoms with van der Waals surface area (Å²) in [4.78, 5) is 28.7. The van der Waals surface area contributed by atoms with Crippen molar-refractivity contribution in [2.24, 2.45) is 0 Å². The molecule has 1 N–H and O–H groups in total. The lowest BCUT2D eigenvalue weighted by molar-refractivity contribution is -0.140. The second-order valence-corrected chi connectivity index (χ2v) is 11.8. The number of rotatable bonds is 15. The van der Waals surface area contributed by atoms with Crippen LogP contribution in [0, 0.1) is 12.7 Å². The van der Waals surface area contributed by atoms with E-state index < -0.39 is 34.3 Å². The molecule has 0 aliphatic rings. The first-order chi connectivity index (χ1) is 20.1. The molecule has 8 nitrogen and oxygen atoms in total. The molecule has 3 aromatic carbocycles. The Morgan fingerprint density at radius 2 is 1.57 bits per heavy atom. The van der Waals surface area contributed by atoms with E-state index in [4.69, 9.17) is 4.74 Å². The van der Waals surface area contributed by atoms with Crippen LogP contribution in [0.3, 0.4) is 0 Å². The van der Waals surface area contributed by atoms with Crippen LogP contribution >= 0.6 is 0 Å². The fourth-order valence-corrected chi connectivity index (χ4v) is 5.87. The van der Waals surface area contributed by atoms with Gasteiger partial charge in [0.15, 0.2) is 0 Å². The monoisotopic (exact) mass is 597 g/mol. The first-order valence-corrected chi connectivity index (χ1v) is 15.7.